The number of halogens is 2. The standard InChI is InChI=1S/C24H27ClN2O5.C24H25ClN2O5/c2*1-5-29-22(28)10-7-13-30-20-9-6-8-18(16(20)4)24-26-23(27-32-24)17-11-12-21(19(25)14-17)31-15(2)3/h6,8-9,11-12,14-15H,5,7,10,13H2,1-4H3;6-12,14-15H,5,13H2,1-4H3/b;10-7+. The molecule has 0 amide bonds. The van der Waals surface area contributed by atoms with Crippen molar-refractivity contribution in [3.8, 4) is 68.7 Å². The number of benzene rings is 4. The fourth-order valence-corrected chi connectivity index (χ4v) is 6.44. The monoisotopic (exact) mass is 914 g/mol. The van der Waals surface area contributed by atoms with Crippen molar-refractivity contribution in [3.63, 3.8) is 0 Å². The highest BCUT2D eigenvalue weighted by Gasteiger charge is 2.18. The highest BCUT2D eigenvalue weighted by molar-refractivity contribution is 6.32. The van der Waals surface area contributed by atoms with Crippen molar-refractivity contribution in [1.29, 1.82) is 0 Å². The van der Waals surface area contributed by atoms with Crippen LogP contribution in [-0.2, 0) is 19.1 Å². The van der Waals surface area contributed by atoms with Crippen LogP contribution in [0.25, 0.3) is 45.7 Å². The quantitative estimate of drug-likeness (QED) is 0.0427. The zero-order chi connectivity index (χ0) is 46.2. The van der Waals surface area contributed by atoms with Crippen LogP contribution < -0.4 is 18.9 Å². The van der Waals surface area contributed by atoms with Gasteiger partial charge in [0.25, 0.3) is 11.8 Å². The summed E-state index contributed by atoms with van der Waals surface area (Å²) in [4.78, 5) is 31.9. The van der Waals surface area contributed by atoms with Gasteiger partial charge in [-0.15, -0.1) is 0 Å². The van der Waals surface area contributed by atoms with Gasteiger partial charge in [0, 0.05) is 45.9 Å². The van der Waals surface area contributed by atoms with Crippen molar-refractivity contribution in [2.75, 3.05) is 26.4 Å². The number of aromatic nitrogens is 4. The van der Waals surface area contributed by atoms with E-state index in [0.717, 1.165) is 33.4 Å². The average molecular weight is 916 g/mol. The molecule has 64 heavy (non-hydrogen) atoms. The second kappa shape index (κ2) is 23.9. The molecule has 2 heterocycles. The molecule has 6 aromatic rings. The Bertz CT molecular complexity index is 2520. The average Bonchev–Trinajstić information content (AvgIpc) is 3.95. The van der Waals surface area contributed by atoms with E-state index in [9.17, 15) is 9.59 Å². The molecule has 14 nitrogen and oxygen atoms in total. The minimum Gasteiger partial charge on any atom is -0.493 e. The zero-order valence-electron chi connectivity index (χ0n) is 37.1. The summed E-state index contributed by atoms with van der Waals surface area (Å²) >= 11 is 12.7. The van der Waals surface area contributed by atoms with Crippen LogP contribution in [-0.4, -0.2) is 70.9 Å². The molecule has 6 rings (SSSR count). The van der Waals surface area contributed by atoms with E-state index < -0.39 is 5.97 Å². The highest BCUT2D eigenvalue weighted by atomic mass is 35.5. The number of hydrogen-bond acceptors (Lipinski definition) is 14. The smallest absolute Gasteiger partial charge is 0.330 e. The van der Waals surface area contributed by atoms with Crippen LogP contribution in [0.3, 0.4) is 0 Å². The fraction of sp³-hybridized carbons (Fsp3) is 0.333. The van der Waals surface area contributed by atoms with Crippen LogP contribution in [0.15, 0.2) is 94.0 Å². The summed E-state index contributed by atoms with van der Waals surface area (Å²) in [6.07, 6.45) is 3.89. The van der Waals surface area contributed by atoms with E-state index in [1.807, 2.05) is 90.1 Å². The van der Waals surface area contributed by atoms with Gasteiger partial charge >= 0.3 is 11.9 Å². The lowest BCUT2D eigenvalue weighted by Crippen LogP contribution is -2.07. The molecule has 338 valence electrons. The summed E-state index contributed by atoms with van der Waals surface area (Å²) in [5.41, 5.74) is 4.68. The van der Waals surface area contributed by atoms with Crippen LogP contribution in [0.5, 0.6) is 23.0 Å². The zero-order valence-corrected chi connectivity index (χ0v) is 38.6. The van der Waals surface area contributed by atoms with Gasteiger partial charge in [0.2, 0.25) is 11.6 Å². The lowest BCUT2D eigenvalue weighted by molar-refractivity contribution is -0.143. The molecule has 16 heteroatoms. The number of rotatable bonds is 19. The normalized spacial score (nSPS) is 11.1. The summed E-state index contributed by atoms with van der Waals surface area (Å²) in [6, 6.07) is 21.9. The predicted molar refractivity (Wildman–Crippen MR) is 244 cm³/mol. The van der Waals surface area contributed by atoms with Crippen LogP contribution in [0.2, 0.25) is 10.0 Å². The molecule has 0 aliphatic carbocycles. The summed E-state index contributed by atoms with van der Waals surface area (Å²) < 4.78 is 43.7. The van der Waals surface area contributed by atoms with Gasteiger partial charge in [-0.2, -0.15) is 9.97 Å². The molecule has 0 N–H and O–H groups in total. The van der Waals surface area contributed by atoms with E-state index in [1.165, 1.54) is 6.08 Å². The number of nitrogens with zero attached hydrogens (tertiary/aromatic N) is 4. The first kappa shape index (κ1) is 48.6. The first-order valence-electron chi connectivity index (χ1n) is 20.8. The van der Waals surface area contributed by atoms with Crippen molar-refractivity contribution in [2.24, 2.45) is 0 Å². The van der Waals surface area contributed by atoms with E-state index in [0.29, 0.717) is 89.1 Å². The Morgan fingerprint density at radius 1 is 0.672 bits per heavy atom. The lowest BCUT2D eigenvalue weighted by atomic mass is 10.1. The molecule has 0 unspecified atom stereocenters. The molecule has 2 aromatic heterocycles. The maximum Gasteiger partial charge on any atom is 0.330 e. The molecule has 0 radical (unpaired) electrons. The number of carbonyl (C=O) groups excluding carboxylic acids is 2. The Morgan fingerprint density at radius 3 is 1.64 bits per heavy atom. The van der Waals surface area contributed by atoms with Gasteiger partial charge in [0.1, 0.15) is 29.6 Å². The van der Waals surface area contributed by atoms with Crippen LogP contribution in [0.1, 0.15) is 65.5 Å². The Kier molecular flexibility index (Phi) is 18.2. The van der Waals surface area contributed by atoms with Crippen molar-refractivity contribution < 1.29 is 47.1 Å². The van der Waals surface area contributed by atoms with E-state index >= 15 is 0 Å². The Labute approximate surface area is 382 Å². The Hall–Kier alpha value is -6.38. The van der Waals surface area contributed by atoms with E-state index in [1.54, 1.807) is 44.2 Å². The molecule has 0 atom stereocenters. The van der Waals surface area contributed by atoms with Crippen molar-refractivity contribution in [3.05, 3.63) is 106 Å². The minimum absolute atomic E-state index is 0.0215. The topological polar surface area (TPSA) is 167 Å². The van der Waals surface area contributed by atoms with Gasteiger partial charge in [-0.25, -0.2) is 4.79 Å². The minimum atomic E-state index is -0.399. The lowest BCUT2D eigenvalue weighted by Gasteiger charge is -2.11. The molecule has 0 fully saturated rings. The molecule has 0 aliphatic rings. The molecular weight excluding hydrogens is 863 g/mol. The third kappa shape index (κ3) is 13.8. The first-order valence-corrected chi connectivity index (χ1v) is 21.6. The number of hydrogen-bond donors (Lipinski definition) is 0. The Morgan fingerprint density at radius 2 is 1.17 bits per heavy atom. The number of carbonyl (C=O) groups is 2. The first-order chi connectivity index (χ1) is 30.8. The Balaban J connectivity index is 0.000000241. The van der Waals surface area contributed by atoms with Gasteiger partial charge in [-0.05, 0) is 129 Å². The maximum atomic E-state index is 11.4. The van der Waals surface area contributed by atoms with Gasteiger partial charge in [-0.1, -0.05) is 45.6 Å². The van der Waals surface area contributed by atoms with E-state index in [-0.39, 0.29) is 24.8 Å². The van der Waals surface area contributed by atoms with Gasteiger partial charge in [0.15, 0.2) is 0 Å². The summed E-state index contributed by atoms with van der Waals surface area (Å²) in [7, 11) is 0. The molecule has 0 saturated heterocycles. The molecular formula is C48H52Cl2N4O10. The van der Waals surface area contributed by atoms with Crippen molar-refractivity contribution in [1.82, 2.24) is 20.3 Å². The third-order valence-corrected chi connectivity index (χ3v) is 9.54. The predicted octanol–water partition coefficient (Wildman–Crippen LogP) is 11.5. The molecule has 0 bridgehead atoms. The van der Waals surface area contributed by atoms with Crippen LogP contribution in [0, 0.1) is 13.8 Å². The molecule has 0 spiro atoms. The number of ether oxygens (including phenoxy) is 6. The summed E-state index contributed by atoms with van der Waals surface area (Å²) in [5.74, 6) is 3.53. The molecule has 4 aromatic carbocycles. The van der Waals surface area contributed by atoms with Gasteiger partial charge < -0.3 is 37.5 Å². The largest absolute Gasteiger partial charge is 0.493 e. The van der Waals surface area contributed by atoms with Crippen molar-refractivity contribution in [2.45, 2.75) is 80.4 Å². The second-order valence-electron chi connectivity index (χ2n) is 14.5. The molecule has 0 aliphatic heterocycles. The molecule has 0 saturated carbocycles. The fourth-order valence-electron chi connectivity index (χ4n) is 5.99. The van der Waals surface area contributed by atoms with Crippen LogP contribution >= 0.6 is 23.2 Å². The highest BCUT2D eigenvalue weighted by Crippen LogP contribution is 2.35. The van der Waals surface area contributed by atoms with Gasteiger partial charge in [0.05, 0.1) is 42.1 Å². The van der Waals surface area contributed by atoms with Crippen molar-refractivity contribution >= 4 is 35.1 Å². The van der Waals surface area contributed by atoms with E-state index in [2.05, 4.69) is 20.3 Å². The third-order valence-electron chi connectivity index (χ3n) is 8.95. The SMILES string of the molecule is CCOC(=O)/C=C/COc1cccc(-c2nc(-c3ccc(OC(C)C)c(Cl)c3)no2)c1C.CCOC(=O)CCCOc1cccc(-c2nc(-c3ccc(OC(C)C)c(Cl)c3)no2)c1C. The number of esters is 2. The summed E-state index contributed by atoms with van der Waals surface area (Å²) in [5, 5.41) is 9.15. The maximum absolute atomic E-state index is 11.4. The van der Waals surface area contributed by atoms with Crippen LogP contribution in [0.4, 0.5) is 0 Å². The second-order valence-corrected chi connectivity index (χ2v) is 15.4. The van der Waals surface area contributed by atoms with Gasteiger partial charge in [-0.3, -0.25) is 4.79 Å². The summed E-state index contributed by atoms with van der Waals surface area (Å²) in [6.45, 7) is 16.5. The van der Waals surface area contributed by atoms with E-state index in [4.69, 9.17) is 60.7 Å².